The molecular weight excluding hydrogens is 362 g/mol. The molecule has 0 fully saturated rings. The minimum absolute atomic E-state index is 0.112. The lowest BCUT2D eigenvalue weighted by atomic mass is 10.2. The molecule has 0 saturated carbocycles. The van der Waals surface area contributed by atoms with Crippen molar-refractivity contribution in [3.63, 3.8) is 0 Å². The van der Waals surface area contributed by atoms with Crippen LogP contribution < -0.4 is 10.0 Å². The summed E-state index contributed by atoms with van der Waals surface area (Å²) in [6.45, 7) is 3.68. The van der Waals surface area contributed by atoms with Gasteiger partial charge >= 0.3 is 5.97 Å². The fourth-order valence-electron chi connectivity index (χ4n) is 2.12. The van der Waals surface area contributed by atoms with Crippen LogP contribution in [0.3, 0.4) is 0 Å². The lowest BCUT2D eigenvalue weighted by Gasteiger charge is -2.08. The maximum absolute atomic E-state index is 12.1. The summed E-state index contributed by atoms with van der Waals surface area (Å²) in [5.41, 5.74) is 1.79. The highest BCUT2D eigenvalue weighted by Crippen LogP contribution is 2.18. The number of hydrogen-bond donors (Lipinski definition) is 2. The number of carbonyl (C=O) groups excluding carboxylic acids is 2. The number of ether oxygens (including phenoxy) is 1. The van der Waals surface area contributed by atoms with Crippen LogP contribution in [0, 0.1) is 20.8 Å². The van der Waals surface area contributed by atoms with Crippen molar-refractivity contribution < 1.29 is 27.3 Å². The van der Waals surface area contributed by atoms with Crippen molar-refractivity contribution in [3.8, 4) is 0 Å². The standard InChI is InChI=1S/C16H19N3O6S/c1-10-4-6-13(7-5-10)18-14(20)9-24-15(21)8-17-26(22,23)16-11(2)19-25-12(16)3/h4-7,17H,8-9H2,1-3H3,(H,18,20). The maximum Gasteiger partial charge on any atom is 0.321 e. The number of hydrogen-bond acceptors (Lipinski definition) is 7. The van der Waals surface area contributed by atoms with Crippen molar-refractivity contribution in [1.82, 2.24) is 9.88 Å². The Bertz CT molecular complexity index is 883. The predicted molar refractivity (Wildman–Crippen MR) is 91.9 cm³/mol. The molecule has 0 bridgehead atoms. The summed E-state index contributed by atoms with van der Waals surface area (Å²) < 4.78 is 35.9. The Hall–Kier alpha value is -2.72. The van der Waals surface area contributed by atoms with Crippen LogP contribution in [0.2, 0.25) is 0 Å². The summed E-state index contributed by atoms with van der Waals surface area (Å²) in [4.78, 5) is 23.3. The first-order valence-corrected chi connectivity index (χ1v) is 9.12. The Kier molecular flexibility index (Phi) is 6.11. The summed E-state index contributed by atoms with van der Waals surface area (Å²) in [7, 11) is -3.97. The smallest absolute Gasteiger partial charge is 0.321 e. The summed E-state index contributed by atoms with van der Waals surface area (Å²) in [5.74, 6) is -1.31. The van der Waals surface area contributed by atoms with E-state index in [-0.39, 0.29) is 16.3 Å². The third-order valence-corrected chi connectivity index (χ3v) is 4.99. The normalized spacial score (nSPS) is 11.2. The molecule has 2 rings (SSSR count). The zero-order valence-corrected chi connectivity index (χ0v) is 15.3. The van der Waals surface area contributed by atoms with Crippen LogP contribution >= 0.6 is 0 Å². The number of carbonyl (C=O) groups is 2. The van der Waals surface area contributed by atoms with Gasteiger partial charge in [0, 0.05) is 5.69 Å². The number of nitrogens with one attached hydrogen (secondary N) is 2. The zero-order valence-electron chi connectivity index (χ0n) is 14.5. The van der Waals surface area contributed by atoms with Gasteiger partial charge < -0.3 is 14.6 Å². The van der Waals surface area contributed by atoms with E-state index in [2.05, 4.69) is 15.2 Å². The van der Waals surface area contributed by atoms with Crippen LogP contribution in [0.25, 0.3) is 0 Å². The second-order valence-electron chi connectivity index (χ2n) is 5.55. The van der Waals surface area contributed by atoms with E-state index in [1.165, 1.54) is 13.8 Å². The first-order valence-electron chi connectivity index (χ1n) is 7.63. The van der Waals surface area contributed by atoms with Crippen molar-refractivity contribution in [2.24, 2.45) is 0 Å². The van der Waals surface area contributed by atoms with Gasteiger partial charge in [-0.2, -0.15) is 4.72 Å². The third-order valence-electron chi connectivity index (χ3n) is 3.34. The maximum atomic E-state index is 12.1. The second-order valence-corrected chi connectivity index (χ2v) is 7.26. The van der Waals surface area contributed by atoms with E-state index in [1.807, 2.05) is 19.1 Å². The van der Waals surface area contributed by atoms with E-state index in [0.29, 0.717) is 5.69 Å². The van der Waals surface area contributed by atoms with Gasteiger partial charge in [0.2, 0.25) is 10.0 Å². The molecule has 0 aliphatic heterocycles. The van der Waals surface area contributed by atoms with Gasteiger partial charge in [-0.3, -0.25) is 9.59 Å². The average molecular weight is 381 g/mol. The van der Waals surface area contributed by atoms with E-state index in [4.69, 9.17) is 9.26 Å². The van der Waals surface area contributed by atoms with Gasteiger partial charge in [0.05, 0.1) is 0 Å². The van der Waals surface area contributed by atoms with Gasteiger partial charge in [0.1, 0.15) is 17.1 Å². The Labute approximate surface area is 150 Å². The van der Waals surface area contributed by atoms with Crippen LogP contribution in [0.15, 0.2) is 33.7 Å². The van der Waals surface area contributed by atoms with Crippen molar-refractivity contribution in [1.29, 1.82) is 0 Å². The highest BCUT2D eigenvalue weighted by molar-refractivity contribution is 7.89. The fourth-order valence-corrected chi connectivity index (χ4v) is 3.41. The Morgan fingerprint density at radius 1 is 1.15 bits per heavy atom. The average Bonchev–Trinajstić information content (AvgIpc) is 2.92. The van der Waals surface area contributed by atoms with Crippen LogP contribution in [0.1, 0.15) is 17.0 Å². The zero-order chi connectivity index (χ0) is 19.3. The molecular formula is C16H19N3O6S. The molecule has 0 unspecified atom stereocenters. The first-order chi connectivity index (χ1) is 12.2. The van der Waals surface area contributed by atoms with Crippen molar-refractivity contribution in [2.45, 2.75) is 25.7 Å². The largest absolute Gasteiger partial charge is 0.455 e. The minimum Gasteiger partial charge on any atom is -0.455 e. The van der Waals surface area contributed by atoms with Gasteiger partial charge in [-0.15, -0.1) is 0 Å². The number of anilines is 1. The van der Waals surface area contributed by atoms with E-state index >= 15 is 0 Å². The first kappa shape index (κ1) is 19.6. The SMILES string of the molecule is Cc1ccc(NC(=O)COC(=O)CNS(=O)(=O)c2c(C)noc2C)cc1. The molecule has 0 spiro atoms. The molecule has 0 saturated heterocycles. The number of sulfonamides is 1. The molecule has 140 valence electrons. The van der Waals surface area contributed by atoms with E-state index < -0.39 is 35.1 Å². The quantitative estimate of drug-likeness (QED) is 0.686. The van der Waals surface area contributed by atoms with Crippen molar-refractivity contribution in [2.75, 3.05) is 18.5 Å². The predicted octanol–water partition coefficient (Wildman–Crippen LogP) is 1.06. The van der Waals surface area contributed by atoms with E-state index in [9.17, 15) is 18.0 Å². The number of rotatable bonds is 7. The molecule has 10 heteroatoms. The van der Waals surface area contributed by atoms with Crippen molar-refractivity contribution >= 4 is 27.6 Å². The van der Waals surface area contributed by atoms with Gasteiger partial charge in [-0.25, -0.2) is 8.42 Å². The van der Waals surface area contributed by atoms with Crippen LogP contribution in [0.4, 0.5) is 5.69 Å². The number of esters is 1. The molecule has 2 aromatic rings. The van der Waals surface area contributed by atoms with Crippen LogP contribution in [-0.2, 0) is 24.3 Å². The molecule has 1 heterocycles. The summed E-state index contributed by atoms with van der Waals surface area (Å²) in [6.07, 6.45) is 0. The number of amides is 1. The lowest BCUT2D eigenvalue weighted by Crippen LogP contribution is -2.32. The fraction of sp³-hybridized carbons (Fsp3) is 0.312. The Morgan fingerprint density at radius 2 is 1.81 bits per heavy atom. The van der Waals surface area contributed by atoms with Gasteiger partial charge in [0.25, 0.3) is 5.91 Å². The molecule has 1 aromatic heterocycles. The number of aromatic nitrogens is 1. The van der Waals surface area contributed by atoms with Crippen LogP contribution in [0.5, 0.6) is 0 Å². The van der Waals surface area contributed by atoms with E-state index in [0.717, 1.165) is 5.56 Å². The summed E-state index contributed by atoms with van der Waals surface area (Å²) in [5, 5.41) is 6.11. The Balaban J connectivity index is 1.81. The van der Waals surface area contributed by atoms with E-state index in [1.54, 1.807) is 12.1 Å². The number of benzene rings is 1. The molecule has 0 radical (unpaired) electrons. The summed E-state index contributed by atoms with van der Waals surface area (Å²) >= 11 is 0. The molecule has 0 aliphatic carbocycles. The molecule has 1 amide bonds. The minimum atomic E-state index is -3.97. The topological polar surface area (TPSA) is 128 Å². The number of aryl methyl sites for hydroxylation is 3. The van der Waals surface area contributed by atoms with Crippen molar-refractivity contribution in [3.05, 3.63) is 41.3 Å². The Morgan fingerprint density at radius 3 is 2.38 bits per heavy atom. The lowest BCUT2D eigenvalue weighted by molar-refractivity contribution is -0.146. The van der Waals surface area contributed by atoms with Gasteiger partial charge in [-0.05, 0) is 32.9 Å². The molecule has 26 heavy (non-hydrogen) atoms. The highest BCUT2D eigenvalue weighted by Gasteiger charge is 2.25. The molecule has 9 nitrogen and oxygen atoms in total. The second kappa shape index (κ2) is 8.11. The van der Waals surface area contributed by atoms with Gasteiger partial charge in [0.15, 0.2) is 12.4 Å². The molecule has 0 atom stereocenters. The van der Waals surface area contributed by atoms with Gasteiger partial charge in [-0.1, -0.05) is 22.9 Å². The molecule has 1 aromatic carbocycles. The monoisotopic (exact) mass is 381 g/mol. The summed E-state index contributed by atoms with van der Waals surface area (Å²) in [6, 6.07) is 7.08. The molecule has 2 N–H and O–H groups in total. The van der Waals surface area contributed by atoms with Crippen LogP contribution in [-0.4, -0.2) is 38.6 Å². The molecule has 0 aliphatic rings. The highest BCUT2D eigenvalue weighted by atomic mass is 32.2. The number of nitrogens with zero attached hydrogens (tertiary/aromatic N) is 1. The third kappa shape index (κ3) is 5.14.